The molecule has 0 aromatic heterocycles. The summed E-state index contributed by atoms with van der Waals surface area (Å²) in [6, 6.07) is 17.0. The highest BCUT2D eigenvalue weighted by Crippen LogP contribution is 2.20. The van der Waals surface area contributed by atoms with Gasteiger partial charge in [0.15, 0.2) is 6.61 Å². The normalized spacial score (nSPS) is 10.3. The van der Waals surface area contributed by atoms with Gasteiger partial charge in [-0.2, -0.15) is 4.89 Å². The largest absolute Gasteiger partial charge is 0.379 e. The van der Waals surface area contributed by atoms with Crippen molar-refractivity contribution in [3.8, 4) is 11.1 Å². The van der Waals surface area contributed by atoms with Crippen molar-refractivity contribution < 1.29 is 19.3 Å². The molecular formula is C17H17O4. The predicted octanol–water partition coefficient (Wildman–Crippen LogP) is 3.64. The molecule has 0 unspecified atom stereocenters. The minimum Gasteiger partial charge on any atom is -0.379 e. The van der Waals surface area contributed by atoms with Crippen LogP contribution in [0.3, 0.4) is 0 Å². The lowest BCUT2D eigenvalue weighted by Crippen LogP contribution is -2.07. The number of hydrogen-bond acceptors (Lipinski definition) is 4. The standard InChI is InChI=1S/C17H17O4/c1-2-19-11-12-20-21-17(18)16-10-6-9-15(13-16)14-7-4-3-5-8-14/h3-10,12-13H,2,11H2,1H3. The highest BCUT2D eigenvalue weighted by molar-refractivity contribution is 5.90. The monoisotopic (exact) mass is 285 g/mol. The molecule has 0 saturated heterocycles. The fourth-order valence-electron chi connectivity index (χ4n) is 1.78. The van der Waals surface area contributed by atoms with E-state index in [-0.39, 0.29) is 6.61 Å². The zero-order chi connectivity index (χ0) is 14.9. The first-order valence-corrected chi connectivity index (χ1v) is 6.74. The first-order chi connectivity index (χ1) is 10.3. The van der Waals surface area contributed by atoms with Crippen LogP contribution < -0.4 is 0 Å². The Kier molecular flexibility index (Phi) is 5.94. The molecule has 1 radical (unpaired) electrons. The van der Waals surface area contributed by atoms with Gasteiger partial charge < -0.3 is 4.74 Å². The van der Waals surface area contributed by atoms with Crippen LogP contribution in [0.1, 0.15) is 17.3 Å². The summed E-state index contributed by atoms with van der Waals surface area (Å²) >= 11 is 0. The Labute approximate surface area is 124 Å². The molecule has 0 N–H and O–H groups in total. The van der Waals surface area contributed by atoms with Gasteiger partial charge in [-0.25, -0.2) is 4.79 Å². The highest BCUT2D eigenvalue weighted by atomic mass is 17.2. The van der Waals surface area contributed by atoms with E-state index in [2.05, 4.69) is 0 Å². The molecule has 2 rings (SSSR count). The summed E-state index contributed by atoms with van der Waals surface area (Å²) in [5.41, 5.74) is 2.42. The molecule has 2 aromatic rings. The second-order valence-electron chi connectivity index (χ2n) is 4.24. The average Bonchev–Trinajstić information content (AvgIpc) is 2.55. The van der Waals surface area contributed by atoms with Gasteiger partial charge in [-0.05, 0) is 30.2 Å². The summed E-state index contributed by atoms with van der Waals surface area (Å²) < 4.78 is 5.03. The topological polar surface area (TPSA) is 44.8 Å². The summed E-state index contributed by atoms with van der Waals surface area (Å²) in [6.45, 7) is 4.01. The first kappa shape index (κ1) is 15.2. The third kappa shape index (κ3) is 4.70. The SMILES string of the molecule is CCOC[CH]OOC(=O)c1cccc(-c2ccccc2)c1. The minimum absolute atomic E-state index is 0.272. The number of hydrogen-bond donors (Lipinski definition) is 0. The average molecular weight is 285 g/mol. The van der Waals surface area contributed by atoms with Gasteiger partial charge in [0.2, 0.25) is 0 Å². The Morgan fingerprint density at radius 2 is 1.81 bits per heavy atom. The Balaban J connectivity index is 1.96. The van der Waals surface area contributed by atoms with Crippen LogP contribution in [0.25, 0.3) is 11.1 Å². The molecule has 0 amide bonds. The van der Waals surface area contributed by atoms with Crippen LogP contribution in [0.4, 0.5) is 0 Å². The van der Waals surface area contributed by atoms with Crippen molar-refractivity contribution >= 4 is 5.97 Å². The quantitative estimate of drug-likeness (QED) is 0.442. The fourth-order valence-corrected chi connectivity index (χ4v) is 1.78. The molecule has 109 valence electrons. The van der Waals surface area contributed by atoms with Crippen molar-refractivity contribution in [3.05, 3.63) is 66.8 Å². The van der Waals surface area contributed by atoms with E-state index in [0.29, 0.717) is 12.2 Å². The molecule has 2 aromatic carbocycles. The first-order valence-electron chi connectivity index (χ1n) is 6.74. The Bertz CT molecular complexity index is 566. The maximum absolute atomic E-state index is 11.9. The zero-order valence-corrected chi connectivity index (χ0v) is 11.8. The second kappa shape index (κ2) is 8.19. The van der Waals surface area contributed by atoms with E-state index in [1.165, 1.54) is 6.61 Å². The van der Waals surface area contributed by atoms with Gasteiger partial charge in [-0.3, -0.25) is 4.89 Å². The molecule has 0 aliphatic rings. The number of carbonyl (C=O) groups excluding carboxylic acids is 1. The smallest absolute Gasteiger partial charge is 0.373 e. The van der Waals surface area contributed by atoms with Crippen LogP contribution in [0.15, 0.2) is 54.6 Å². The molecule has 4 heteroatoms. The molecular weight excluding hydrogens is 268 g/mol. The van der Waals surface area contributed by atoms with Gasteiger partial charge in [0.25, 0.3) is 0 Å². The third-order valence-corrected chi connectivity index (χ3v) is 2.79. The maximum atomic E-state index is 11.9. The van der Waals surface area contributed by atoms with Crippen molar-refractivity contribution in [2.75, 3.05) is 13.2 Å². The van der Waals surface area contributed by atoms with Crippen molar-refractivity contribution in [3.63, 3.8) is 0 Å². The summed E-state index contributed by atoms with van der Waals surface area (Å²) in [5.74, 6) is -0.541. The van der Waals surface area contributed by atoms with E-state index in [4.69, 9.17) is 14.5 Å². The van der Waals surface area contributed by atoms with Crippen LogP contribution in [0.2, 0.25) is 0 Å². The number of rotatable bonds is 7. The van der Waals surface area contributed by atoms with E-state index >= 15 is 0 Å². The van der Waals surface area contributed by atoms with Gasteiger partial charge in [0.1, 0.15) is 0 Å². The molecule has 0 atom stereocenters. The van der Waals surface area contributed by atoms with E-state index < -0.39 is 5.97 Å². The molecule has 0 spiro atoms. The molecule has 0 aliphatic carbocycles. The molecule has 0 fully saturated rings. The van der Waals surface area contributed by atoms with Crippen LogP contribution in [0, 0.1) is 6.61 Å². The Hall–Kier alpha value is -2.17. The predicted molar refractivity (Wildman–Crippen MR) is 79.2 cm³/mol. The van der Waals surface area contributed by atoms with Gasteiger partial charge in [0, 0.05) is 6.61 Å². The van der Waals surface area contributed by atoms with Crippen LogP contribution in [-0.4, -0.2) is 19.2 Å². The molecule has 4 nitrogen and oxygen atoms in total. The van der Waals surface area contributed by atoms with E-state index in [1.807, 2.05) is 49.4 Å². The zero-order valence-electron chi connectivity index (χ0n) is 11.8. The van der Waals surface area contributed by atoms with Gasteiger partial charge in [-0.15, -0.1) is 0 Å². The highest BCUT2D eigenvalue weighted by Gasteiger charge is 2.09. The van der Waals surface area contributed by atoms with Crippen LogP contribution in [-0.2, 0) is 14.5 Å². The summed E-state index contributed by atoms with van der Waals surface area (Å²) in [6.07, 6.45) is 0. The van der Waals surface area contributed by atoms with Crippen LogP contribution in [0.5, 0.6) is 0 Å². The number of ether oxygens (including phenoxy) is 1. The minimum atomic E-state index is -0.541. The molecule has 21 heavy (non-hydrogen) atoms. The lowest BCUT2D eigenvalue weighted by molar-refractivity contribution is -0.218. The summed E-state index contributed by atoms with van der Waals surface area (Å²) in [4.78, 5) is 21.2. The molecule has 0 saturated carbocycles. The van der Waals surface area contributed by atoms with E-state index in [9.17, 15) is 4.79 Å². The maximum Gasteiger partial charge on any atom is 0.373 e. The number of benzene rings is 2. The molecule has 0 bridgehead atoms. The van der Waals surface area contributed by atoms with E-state index in [1.54, 1.807) is 12.1 Å². The van der Waals surface area contributed by atoms with Gasteiger partial charge in [-0.1, -0.05) is 42.5 Å². The van der Waals surface area contributed by atoms with Crippen molar-refractivity contribution in [1.82, 2.24) is 0 Å². The van der Waals surface area contributed by atoms with Crippen molar-refractivity contribution in [1.29, 1.82) is 0 Å². The van der Waals surface area contributed by atoms with Crippen molar-refractivity contribution in [2.45, 2.75) is 6.92 Å². The van der Waals surface area contributed by atoms with E-state index in [0.717, 1.165) is 11.1 Å². The van der Waals surface area contributed by atoms with Gasteiger partial charge >= 0.3 is 5.97 Å². The molecule has 0 aliphatic heterocycles. The van der Waals surface area contributed by atoms with Crippen LogP contribution >= 0.6 is 0 Å². The van der Waals surface area contributed by atoms with Crippen molar-refractivity contribution in [2.24, 2.45) is 0 Å². The Morgan fingerprint density at radius 1 is 1.05 bits per heavy atom. The summed E-state index contributed by atoms with van der Waals surface area (Å²) in [7, 11) is 0. The Morgan fingerprint density at radius 3 is 2.57 bits per heavy atom. The number of carbonyl (C=O) groups is 1. The second-order valence-corrected chi connectivity index (χ2v) is 4.24. The summed E-state index contributed by atoms with van der Waals surface area (Å²) in [5, 5.41) is 0. The fraction of sp³-hybridized carbons (Fsp3) is 0.176. The lowest BCUT2D eigenvalue weighted by atomic mass is 10.0. The molecule has 0 heterocycles. The lowest BCUT2D eigenvalue weighted by Gasteiger charge is -2.05. The van der Waals surface area contributed by atoms with Gasteiger partial charge in [0.05, 0.1) is 12.2 Å². The third-order valence-electron chi connectivity index (χ3n) is 2.79.